The molecule has 0 radical (unpaired) electrons. The number of benzene rings is 1. The van der Waals surface area contributed by atoms with Gasteiger partial charge in [-0.2, -0.15) is 0 Å². The van der Waals surface area contributed by atoms with Gasteiger partial charge in [-0.1, -0.05) is 37.3 Å². The van der Waals surface area contributed by atoms with E-state index >= 15 is 0 Å². The second-order valence-electron chi connectivity index (χ2n) is 7.42. The fraction of sp³-hybridized carbons (Fsp3) is 0.476. The highest BCUT2D eigenvalue weighted by atomic mass is 16.2. The maximum Gasteiger partial charge on any atom is 0.225 e. The van der Waals surface area contributed by atoms with Crippen molar-refractivity contribution in [3.63, 3.8) is 0 Å². The number of anilines is 1. The van der Waals surface area contributed by atoms with E-state index in [2.05, 4.69) is 38.8 Å². The number of aromatic nitrogens is 2. The van der Waals surface area contributed by atoms with Crippen LogP contribution in [0.15, 0.2) is 42.7 Å². The summed E-state index contributed by atoms with van der Waals surface area (Å²) in [6.07, 6.45) is 8.44. The molecule has 4 rings (SSSR count). The van der Waals surface area contributed by atoms with Crippen LogP contribution in [0, 0.1) is 0 Å². The van der Waals surface area contributed by atoms with Crippen LogP contribution in [-0.4, -0.2) is 39.4 Å². The topological polar surface area (TPSA) is 49.3 Å². The zero-order valence-electron chi connectivity index (χ0n) is 15.4. The van der Waals surface area contributed by atoms with Gasteiger partial charge in [0.2, 0.25) is 11.9 Å². The highest BCUT2D eigenvalue weighted by Gasteiger charge is 2.46. The molecular weight excluding hydrogens is 324 g/mol. The molecule has 1 spiro atoms. The highest BCUT2D eigenvalue weighted by molar-refractivity contribution is 5.79. The van der Waals surface area contributed by atoms with Crippen LogP contribution in [0.5, 0.6) is 0 Å². The van der Waals surface area contributed by atoms with Gasteiger partial charge in [-0.3, -0.25) is 4.79 Å². The summed E-state index contributed by atoms with van der Waals surface area (Å²) in [5.74, 6) is 1.11. The molecule has 1 amide bonds. The second kappa shape index (κ2) is 7.06. The third kappa shape index (κ3) is 3.18. The van der Waals surface area contributed by atoms with Crippen molar-refractivity contribution in [3.05, 3.63) is 53.9 Å². The molecule has 5 heteroatoms. The summed E-state index contributed by atoms with van der Waals surface area (Å²) in [5.41, 5.74) is 2.38. The normalized spacial score (nSPS) is 19.3. The van der Waals surface area contributed by atoms with Crippen molar-refractivity contribution in [3.8, 4) is 0 Å². The number of carbonyl (C=O) groups is 1. The van der Waals surface area contributed by atoms with Gasteiger partial charge in [-0.15, -0.1) is 0 Å². The van der Waals surface area contributed by atoms with Gasteiger partial charge >= 0.3 is 0 Å². The fourth-order valence-electron chi connectivity index (χ4n) is 4.23. The van der Waals surface area contributed by atoms with Crippen molar-refractivity contribution >= 4 is 11.9 Å². The van der Waals surface area contributed by atoms with E-state index in [1.54, 1.807) is 0 Å². The summed E-state index contributed by atoms with van der Waals surface area (Å²) in [6.45, 7) is 4.65. The minimum atomic E-state index is 0.00673. The number of carbonyl (C=O) groups excluding carboxylic acids is 1. The molecule has 2 aliphatic heterocycles. The van der Waals surface area contributed by atoms with E-state index < -0.39 is 0 Å². The van der Waals surface area contributed by atoms with E-state index in [0.29, 0.717) is 12.3 Å². The molecule has 1 aromatic heterocycles. The number of hydrogen-bond acceptors (Lipinski definition) is 4. The lowest BCUT2D eigenvalue weighted by Gasteiger charge is -2.45. The zero-order valence-corrected chi connectivity index (χ0v) is 15.4. The molecule has 0 atom stereocenters. The lowest BCUT2D eigenvalue weighted by Crippen LogP contribution is -2.53. The molecule has 0 N–H and O–H groups in total. The van der Waals surface area contributed by atoms with Crippen molar-refractivity contribution in [2.75, 3.05) is 18.0 Å². The third-order valence-electron chi connectivity index (χ3n) is 5.94. The Morgan fingerprint density at radius 1 is 1.00 bits per heavy atom. The highest BCUT2D eigenvalue weighted by Crippen LogP contribution is 2.40. The number of aryl methyl sites for hydroxylation is 1. The van der Waals surface area contributed by atoms with Crippen LogP contribution in [-0.2, 0) is 17.8 Å². The molecule has 2 aromatic rings. The van der Waals surface area contributed by atoms with Gasteiger partial charge in [-0.05, 0) is 36.8 Å². The van der Waals surface area contributed by atoms with Crippen LogP contribution in [0.4, 0.5) is 5.95 Å². The summed E-state index contributed by atoms with van der Waals surface area (Å²) in [4.78, 5) is 26.0. The van der Waals surface area contributed by atoms with Crippen molar-refractivity contribution in [2.24, 2.45) is 0 Å². The van der Waals surface area contributed by atoms with E-state index in [0.717, 1.165) is 56.8 Å². The first-order chi connectivity index (χ1) is 12.7. The minimum Gasteiger partial charge on any atom is -0.341 e. The predicted octanol–water partition coefficient (Wildman–Crippen LogP) is 3.20. The molecule has 2 fully saturated rings. The summed E-state index contributed by atoms with van der Waals surface area (Å²) < 4.78 is 0. The minimum absolute atomic E-state index is 0.00673. The van der Waals surface area contributed by atoms with Crippen LogP contribution in [0.25, 0.3) is 0 Å². The van der Waals surface area contributed by atoms with E-state index in [9.17, 15) is 4.79 Å². The number of likely N-dealkylation sites (tertiary alicyclic amines) is 1. The lowest BCUT2D eigenvalue weighted by atomic mass is 9.85. The fourth-order valence-corrected chi connectivity index (χ4v) is 4.23. The summed E-state index contributed by atoms with van der Waals surface area (Å²) in [7, 11) is 0. The number of nitrogens with zero attached hydrogens (tertiary/aromatic N) is 4. The Morgan fingerprint density at radius 3 is 2.35 bits per heavy atom. The van der Waals surface area contributed by atoms with Gasteiger partial charge in [0, 0.05) is 44.0 Å². The monoisotopic (exact) mass is 350 g/mol. The zero-order chi connectivity index (χ0) is 18.0. The maximum atomic E-state index is 12.6. The largest absolute Gasteiger partial charge is 0.341 e. The van der Waals surface area contributed by atoms with Crippen LogP contribution in [0.1, 0.15) is 43.7 Å². The van der Waals surface area contributed by atoms with Gasteiger partial charge in [0.05, 0.1) is 0 Å². The molecule has 1 aromatic carbocycles. The quantitative estimate of drug-likeness (QED) is 0.850. The molecule has 0 aliphatic carbocycles. The smallest absolute Gasteiger partial charge is 0.225 e. The number of piperidine rings is 1. The Hall–Kier alpha value is -2.43. The van der Waals surface area contributed by atoms with Gasteiger partial charge < -0.3 is 9.80 Å². The molecular formula is C21H26N4O. The molecule has 5 nitrogen and oxygen atoms in total. The average Bonchev–Trinajstić information content (AvgIpc) is 2.99. The Labute approximate surface area is 155 Å². The molecule has 0 saturated carbocycles. The summed E-state index contributed by atoms with van der Waals surface area (Å²) in [6, 6.07) is 10.3. The molecule has 0 bridgehead atoms. The first kappa shape index (κ1) is 17.0. The molecule has 0 unspecified atom stereocenters. The van der Waals surface area contributed by atoms with Crippen LogP contribution in [0.2, 0.25) is 0 Å². The average molecular weight is 350 g/mol. The number of hydrogen-bond donors (Lipinski definition) is 0. The van der Waals surface area contributed by atoms with Gasteiger partial charge in [0.25, 0.3) is 0 Å². The first-order valence-corrected chi connectivity index (χ1v) is 9.60. The van der Waals surface area contributed by atoms with Crippen molar-refractivity contribution in [1.82, 2.24) is 14.9 Å². The van der Waals surface area contributed by atoms with E-state index in [-0.39, 0.29) is 5.54 Å². The van der Waals surface area contributed by atoms with Crippen LogP contribution in [0.3, 0.4) is 0 Å². The SMILES string of the molecule is CCc1cnc(N2CCC3(CCC(=O)N3Cc3ccccc3)CC2)nc1. The van der Waals surface area contributed by atoms with Crippen molar-refractivity contribution in [1.29, 1.82) is 0 Å². The summed E-state index contributed by atoms with van der Waals surface area (Å²) in [5, 5.41) is 0. The van der Waals surface area contributed by atoms with Gasteiger partial charge in [0.15, 0.2) is 0 Å². The van der Waals surface area contributed by atoms with E-state index in [1.165, 1.54) is 5.56 Å². The van der Waals surface area contributed by atoms with E-state index in [4.69, 9.17) is 0 Å². The number of amides is 1. The third-order valence-corrected chi connectivity index (χ3v) is 5.94. The van der Waals surface area contributed by atoms with Crippen LogP contribution < -0.4 is 4.90 Å². The molecule has 3 heterocycles. The van der Waals surface area contributed by atoms with Gasteiger partial charge in [-0.25, -0.2) is 9.97 Å². The second-order valence-corrected chi connectivity index (χ2v) is 7.42. The Morgan fingerprint density at radius 2 is 1.69 bits per heavy atom. The molecule has 2 aliphatic rings. The maximum absolute atomic E-state index is 12.6. The standard InChI is InChI=1S/C21H26N4O/c1-2-17-14-22-20(23-15-17)24-12-10-21(11-13-24)9-8-19(26)25(21)16-18-6-4-3-5-7-18/h3-7,14-15H,2,8-13,16H2,1H3. The van der Waals surface area contributed by atoms with Crippen molar-refractivity contribution in [2.45, 2.75) is 51.1 Å². The van der Waals surface area contributed by atoms with Gasteiger partial charge in [0.1, 0.15) is 0 Å². The van der Waals surface area contributed by atoms with Crippen LogP contribution >= 0.6 is 0 Å². The van der Waals surface area contributed by atoms with E-state index in [1.807, 2.05) is 30.6 Å². The van der Waals surface area contributed by atoms with Crippen molar-refractivity contribution < 1.29 is 4.79 Å². The molecule has 136 valence electrons. The Kier molecular flexibility index (Phi) is 4.62. The molecule has 26 heavy (non-hydrogen) atoms. The Balaban J connectivity index is 1.46. The summed E-state index contributed by atoms with van der Waals surface area (Å²) >= 11 is 0. The first-order valence-electron chi connectivity index (χ1n) is 9.60. The molecule has 2 saturated heterocycles. The predicted molar refractivity (Wildman–Crippen MR) is 102 cm³/mol. The lowest BCUT2D eigenvalue weighted by molar-refractivity contribution is -0.132. The Bertz CT molecular complexity index is 751. The number of rotatable bonds is 4.